The number of ether oxygens (including phenoxy) is 2. The molecule has 2 atom stereocenters. The molecular weight excluding hydrogens is 488 g/mol. The number of allylic oxidation sites excluding steroid dienone is 3. The van der Waals surface area contributed by atoms with Gasteiger partial charge in [0, 0.05) is 24.1 Å². The summed E-state index contributed by atoms with van der Waals surface area (Å²) in [6.07, 6.45) is 5.56. The summed E-state index contributed by atoms with van der Waals surface area (Å²) in [5.74, 6) is -1.29. The van der Waals surface area contributed by atoms with Crippen LogP contribution in [-0.2, 0) is 20.7 Å². The third-order valence-corrected chi connectivity index (χ3v) is 7.46. The molecule has 5 N–H and O–H groups in total. The Hall–Kier alpha value is -3.27. The summed E-state index contributed by atoms with van der Waals surface area (Å²) in [7, 11) is 0. The van der Waals surface area contributed by atoms with Crippen LogP contribution in [0.1, 0.15) is 66.3 Å². The molecule has 0 spiro atoms. The minimum atomic E-state index is -2.14. The smallest absolute Gasteiger partial charge is 0.350 e. The van der Waals surface area contributed by atoms with Crippen LogP contribution < -0.4 is 11.1 Å². The van der Waals surface area contributed by atoms with Crippen molar-refractivity contribution in [3.8, 4) is 0 Å². The minimum absolute atomic E-state index is 0.124. The lowest BCUT2D eigenvalue weighted by molar-refractivity contribution is -0.149. The number of carbonyl (C=O) groups is 3. The number of aliphatic hydroxyl groups is 2. The van der Waals surface area contributed by atoms with E-state index in [9.17, 15) is 24.6 Å². The molecule has 9 heteroatoms. The van der Waals surface area contributed by atoms with Crippen LogP contribution in [0.25, 0.3) is 0 Å². The molecule has 0 amide bonds. The monoisotopic (exact) mass is 524 g/mol. The number of aliphatic hydroxyl groups excluding tert-OH is 2. The van der Waals surface area contributed by atoms with E-state index in [1.807, 2.05) is 32.9 Å². The Balaban J connectivity index is 1.72. The van der Waals surface area contributed by atoms with Crippen molar-refractivity contribution in [1.82, 2.24) is 5.32 Å². The average Bonchev–Trinajstić information content (AvgIpc) is 3.59. The van der Waals surface area contributed by atoms with E-state index < -0.39 is 35.3 Å². The number of hydrogen-bond acceptors (Lipinski definition) is 9. The Kier molecular flexibility index (Phi) is 7.92. The number of rotatable bonds is 11. The van der Waals surface area contributed by atoms with Crippen molar-refractivity contribution < 1.29 is 34.1 Å². The molecular formula is C29H36N2O7. The van der Waals surface area contributed by atoms with Crippen LogP contribution in [0.2, 0.25) is 0 Å². The maximum Gasteiger partial charge on any atom is 0.350 e. The lowest BCUT2D eigenvalue weighted by Gasteiger charge is -2.27. The van der Waals surface area contributed by atoms with E-state index in [1.165, 1.54) is 0 Å². The van der Waals surface area contributed by atoms with Gasteiger partial charge in [-0.3, -0.25) is 9.59 Å². The van der Waals surface area contributed by atoms with Crippen molar-refractivity contribution in [1.29, 1.82) is 0 Å². The van der Waals surface area contributed by atoms with Crippen molar-refractivity contribution >= 4 is 17.5 Å². The highest BCUT2D eigenvalue weighted by atomic mass is 16.7. The SMILES string of the molecule is C/C(CCC1=CCNC(N)=C1)=C(/CO)C[C@@]12O[C@]1(C(=O)OCCO)C(=O)c1c(CC(C)C)cccc1C2=O. The highest BCUT2D eigenvalue weighted by molar-refractivity contribution is 6.33. The summed E-state index contributed by atoms with van der Waals surface area (Å²) in [6.45, 7) is 5.37. The highest BCUT2D eigenvalue weighted by Gasteiger charge is 2.85. The second-order valence-electron chi connectivity index (χ2n) is 10.5. The normalized spacial score (nSPS) is 24.6. The Morgan fingerprint density at radius 1 is 1.24 bits per heavy atom. The van der Waals surface area contributed by atoms with Crippen molar-refractivity contribution in [2.75, 3.05) is 26.4 Å². The van der Waals surface area contributed by atoms with Crippen LogP contribution in [0.5, 0.6) is 0 Å². The molecule has 0 radical (unpaired) electrons. The van der Waals surface area contributed by atoms with Crippen LogP contribution >= 0.6 is 0 Å². The number of ketones is 2. The van der Waals surface area contributed by atoms with E-state index >= 15 is 0 Å². The van der Waals surface area contributed by atoms with Gasteiger partial charge < -0.3 is 30.7 Å². The van der Waals surface area contributed by atoms with E-state index in [1.54, 1.807) is 18.2 Å². The van der Waals surface area contributed by atoms with Crippen molar-refractivity contribution in [3.63, 3.8) is 0 Å². The lowest BCUT2D eigenvalue weighted by atomic mass is 9.69. The largest absolute Gasteiger partial charge is 0.461 e. The summed E-state index contributed by atoms with van der Waals surface area (Å²) >= 11 is 0. The van der Waals surface area contributed by atoms with E-state index in [2.05, 4.69) is 5.32 Å². The van der Waals surface area contributed by atoms with Gasteiger partial charge >= 0.3 is 5.97 Å². The Morgan fingerprint density at radius 2 is 2.00 bits per heavy atom. The number of carbonyl (C=O) groups excluding carboxylic acids is 3. The van der Waals surface area contributed by atoms with Gasteiger partial charge in [-0.1, -0.05) is 43.7 Å². The Bertz CT molecular complexity index is 1250. The number of benzene rings is 1. The second-order valence-corrected chi connectivity index (χ2v) is 10.5. The fourth-order valence-corrected chi connectivity index (χ4v) is 5.45. The van der Waals surface area contributed by atoms with Gasteiger partial charge in [-0.2, -0.15) is 0 Å². The maximum absolute atomic E-state index is 14.0. The van der Waals surface area contributed by atoms with Crippen LogP contribution in [-0.4, -0.2) is 65.3 Å². The predicted molar refractivity (Wildman–Crippen MR) is 140 cm³/mol. The Labute approximate surface area is 222 Å². The molecule has 9 nitrogen and oxygen atoms in total. The highest BCUT2D eigenvalue weighted by Crippen LogP contribution is 2.60. The molecule has 3 aliphatic rings. The number of esters is 1. The van der Waals surface area contributed by atoms with E-state index in [-0.39, 0.29) is 36.7 Å². The molecule has 0 unspecified atom stereocenters. The van der Waals surface area contributed by atoms with E-state index in [4.69, 9.17) is 15.2 Å². The fraction of sp³-hybridized carbons (Fsp3) is 0.483. The van der Waals surface area contributed by atoms with Gasteiger partial charge in [0.05, 0.1) is 19.0 Å². The van der Waals surface area contributed by atoms with Gasteiger partial charge in [-0.25, -0.2) is 4.79 Å². The molecule has 38 heavy (non-hydrogen) atoms. The van der Waals surface area contributed by atoms with Crippen LogP contribution in [0, 0.1) is 5.92 Å². The summed E-state index contributed by atoms with van der Waals surface area (Å²) in [5, 5.41) is 22.5. The van der Waals surface area contributed by atoms with Gasteiger partial charge in [-0.05, 0) is 54.9 Å². The van der Waals surface area contributed by atoms with Crippen LogP contribution in [0.4, 0.5) is 0 Å². The first-order chi connectivity index (χ1) is 18.1. The van der Waals surface area contributed by atoms with Crippen molar-refractivity contribution in [3.05, 3.63) is 69.6 Å². The number of dihydropyridines is 1. The lowest BCUT2D eigenvalue weighted by Crippen LogP contribution is -2.51. The fourth-order valence-electron chi connectivity index (χ4n) is 5.45. The zero-order chi connectivity index (χ0) is 27.7. The quantitative estimate of drug-likeness (QED) is 0.148. The molecule has 4 rings (SSSR count). The standard InChI is InChI=1S/C29H36N2O7/c1-17(2)13-20-5-4-6-22-24(20)26(35)29(27(36)37-12-11-32)28(38-29,25(22)34)15-21(16-33)18(3)7-8-19-9-10-31-23(30)14-19/h4-6,9,14,17,31-33H,7-8,10-13,15-16,30H2,1-3H3/b21-18-/t28-,29-/m0/s1. The average molecular weight is 525 g/mol. The van der Waals surface area contributed by atoms with Gasteiger partial charge in [0.15, 0.2) is 11.4 Å². The number of fused-ring (bicyclic) bond motifs is 2. The molecule has 0 bridgehead atoms. The summed E-state index contributed by atoms with van der Waals surface area (Å²) < 4.78 is 11.1. The maximum atomic E-state index is 14.0. The van der Waals surface area contributed by atoms with E-state index in [0.717, 1.165) is 11.1 Å². The van der Waals surface area contributed by atoms with Gasteiger partial charge in [0.2, 0.25) is 5.78 Å². The molecule has 0 aromatic heterocycles. The molecule has 1 aromatic carbocycles. The third kappa shape index (κ3) is 4.70. The predicted octanol–water partition coefficient (Wildman–Crippen LogP) is 2.12. The zero-order valence-electron chi connectivity index (χ0n) is 22.1. The number of hydrogen-bond donors (Lipinski definition) is 4. The first-order valence-electron chi connectivity index (χ1n) is 13.0. The van der Waals surface area contributed by atoms with Crippen molar-refractivity contribution in [2.45, 2.75) is 57.7 Å². The molecule has 1 aliphatic carbocycles. The van der Waals surface area contributed by atoms with Gasteiger partial charge in [0.1, 0.15) is 6.61 Å². The minimum Gasteiger partial charge on any atom is -0.461 e. The summed E-state index contributed by atoms with van der Waals surface area (Å²) in [6, 6.07) is 5.10. The van der Waals surface area contributed by atoms with Crippen LogP contribution in [0.3, 0.4) is 0 Å². The number of Topliss-reactive ketones (excluding diaryl/α,β-unsaturated/α-hetero) is 2. The summed E-state index contributed by atoms with van der Waals surface area (Å²) in [4.78, 5) is 41.3. The number of nitrogens with one attached hydrogen (secondary N) is 1. The summed E-state index contributed by atoms with van der Waals surface area (Å²) in [5.41, 5.74) is 5.39. The molecule has 2 aliphatic heterocycles. The van der Waals surface area contributed by atoms with Gasteiger partial charge in [0.25, 0.3) is 5.60 Å². The Morgan fingerprint density at radius 3 is 2.66 bits per heavy atom. The first kappa shape index (κ1) is 27.8. The van der Waals surface area contributed by atoms with Crippen LogP contribution in [0.15, 0.2) is 52.9 Å². The molecule has 1 fully saturated rings. The molecule has 1 aromatic rings. The molecule has 1 saturated heterocycles. The zero-order valence-corrected chi connectivity index (χ0v) is 22.1. The third-order valence-electron chi connectivity index (χ3n) is 7.46. The first-order valence-corrected chi connectivity index (χ1v) is 13.0. The molecule has 2 heterocycles. The molecule has 204 valence electrons. The molecule has 0 saturated carbocycles. The number of nitrogens with two attached hydrogens (primary N) is 1. The topological polar surface area (TPSA) is 151 Å². The van der Waals surface area contributed by atoms with Crippen molar-refractivity contribution in [2.24, 2.45) is 11.7 Å². The van der Waals surface area contributed by atoms with Gasteiger partial charge in [-0.15, -0.1) is 0 Å². The van der Waals surface area contributed by atoms with E-state index in [0.29, 0.717) is 42.8 Å². The second kappa shape index (κ2) is 10.8. The number of epoxide rings is 1.